The number of carbonyl (C=O) groups is 12. The molecular formula is C110H139N17O16S2. The zero-order chi connectivity index (χ0) is 103. The van der Waals surface area contributed by atoms with Gasteiger partial charge < -0.3 is 84.0 Å². The van der Waals surface area contributed by atoms with Crippen molar-refractivity contribution in [2.45, 2.75) is 302 Å². The van der Waals surface area contributed by atoms with Gasteiger partial charge in [-0.2, -0.15) is 0 Å². The Morgan fingerprint density at radius 3 is 1.49 bits per heavy atom. The first-order valence-electron chi connectivity index (χ1n) is 51.0. The summed E-state index contributed by atoms with van der Waals surface area (Å²) < 4.78 is 19.9. The summed E-state index contributed by atoms with van der Waals surface area (Å²) in [6.07, 6.45) is 3.76. The number of anilines is 2. The number of ether oxygens (including phenoxy) is 3. The number of hydrogen-bond donors (Lipinski definition) is 11. The number of aliphatic hydroxyl groups excluding tert-OH is 1. The number of nitrogens with zero attached hydrogens (tertiary/aromatic N) is 7. The molecule has 14 atom stereocenters. The van der Waals surface area contributed by atoms with Crippen molar-refractivity contribution < 1.29 is 76.9 Å². The van der Waals surface area contributed by atoms with Crippen LogP contribution in [0.4, 0.5) is 11.4 Å². The summed E-state index contributed by atoms with van der Waals surface area (Å²) in [5.74, 6) is -4.04. The van der Waals surface area contributed by atoms with Gasteiger partial charge in [-0.15, -0.1) is 22.7 Å². The number of hydrogen-bond acceptors (Lipinski definition) is 23. The average molecular weight is 2020 g/mol. The number of nitrogens with one attached hydrogen (secondary N) is 6. The lowest BCUT2D eigenvalue weighted by Crippen LogP contribution is -2.58. The van der Waals surface area contributed by atoms with Gasteiger partial charge in [-0.25, -0.2) is 9.97 Å². The van der Waals surface area contributed by atoms with Gasteiger partial charge in [0.15, 0.2) is 0 Å². The minimum absolute atomic E-state index is 0.00797. The van der Waals surface area contributed by atoms with E-state index >= 15 is 9.59 Å². The normalized spacial score (nSPS) is 22.2. The van der Waals surface area contributed by atoms with Crippen LogP contribution in [0.15, 0.2) is 138 Å². The molecular weight excluding hydrogens is 1880 g/mol. The second kappa shape index (κ2) is 45.8. The molecule has 12 amide bonds. The molecule has 7 aliphatic heterocycles. The maximum absolute atomic E-state index is 15.6. The average Bonchev–Trinajstić information content (AvgIpc) is 1.55. The highest BCUT2D eigenvalue weighted by Gasteiger charge is 2.51. The van der Waals surface area contributed by atoms with Gasteiger partial charge in [-0.05, 0) is 207 Å². The number of aryl methyl sites for hydroxylation is 3. The summed E-state index contributed by atoms with van der Waals surface area (Å²) in [4.78, 5) is 188. The number of thiazole rings is 2. The maximum atomic E-state index is 15.6. The molecule has 16 rings (SSSR count). The standard InChI is InChI=1S/C110H139N17O16S2/c1-61-97(144-59-117-61)74-26-18-67(19-27-74)52-115-101(133)86-50-79(128)54-124(86)107(139)100(110(8,9)10)122-94(132)56-123-42-40-66(41-43-123)44-65-14-16-69(17-15-65)57-141-63(3)85(36-39-92(114)130)120-104(136)89-49-77-31-37-90(81-32-34-83(112)106(138)127(89)96(77)81)143-80-51-87(102(134)116-53-68-20-28-75(29-21-68)98-62(2)118-60-145-98)125(55-80)108(140)99(109(5,6)7)121-93(131)47-71-45-78(46-71)72-24-22-70(23-25-72)58-142-64(4)84(35-38-91(113)129)119-103(135)88-48-76-13-11-12-73-30-33-82(111)105(137)126(88)95(73)76/h11-29,31,37,59-60,63-64,66,71,78-80,82-89,99-100,128H,30,32-36,38-58,111-112H2,1-10H3,(H2,113,129)(H2,114,130)(H,115,133)(H,116,134)(H,119,135)(H,120,136)(H,121,131)(H,122,132)/t63-,64-,71?,78?,79-,80-,82+,83+,84+,85+,86+,87+,88+,89+,99-,100-/m1/s1. The number of primary amides is 2. The first kappa shape index (κ1) is 106. The number of likely N-dealkylation sites (tertiary alicyclic amines) is 3. The van der Waals surface area contributed by atoms with Crippen molar-refractivity contribution in [3.8, 4) is 26.6 Å². The van der Waals surface area contributed by atoms with E-state index in [-0.39, 0.29) is 145 Å². The van der Waals surface area contributed by atoms with Crippen molar-refractivity contribution in [1.82, 2.24) is 56.6 Å². The second-order valence-corrected chi connectivity index (χ2v) is 44.8. The van der Waals surface area contributed by atoms with Gasteiger partial charge in [0.05, 0.1) is 112 Å². The fraction of sp³-hybridized carbons (Fsp3) is 0.509. The number of β-amino-alcohol motifs (C(OH)–C–C–N with tert-alkyl or cyclic N) is 1. The Labute approximate surface area is 855 Å². The van der Waals surface area contributed by atoms with E-state index in [1.54, 1.807) is 33.1 Å². The van der Waals surface area contributed by atoms with Crippen LogP contribution in [0.3, 0.4) is 0 Å². The fourth-order valence-electron chi connectivity index (χ4n) is 21.8. The summed E-state index contributed by atoms with van der Waals surface area (Å²) in [6.45, 7) is 20.9. The zero-order valence-electron chi connectivity index (χ0n) is 84.5. The first-order chi connectivity index (χ1) is 69.2. The van der Waals surface area contributed by atoms with Crippen molar-refractivity contribution in [2.24, 2.45) is 45.6 Å². The predicted octanol–water partition coefficient (Wildman–Crippen LogP) is 9.17. The van der Waals surface area contributed by atoms with Gasteiger partial charge in [0.2, 0.25) is 70.9 Å². The Bertz CT molecular complexity index is 6070. The molecule has 1 aliphatic carbocycles. The van der Waals surface area contributed by atoms with Crippen molar-refractivity contribution in [1.29, 1.82) is 0 Å². The number of benzene rings is 6. The molecule has 2 aromatic heterocycles. The summed E-state index contributed by atoms with van der Waals surface area (Å²) in [5.41, 5.74) is 40.6. The Morgan fingerprint density at radius 2 is 0.979 bits per heavy atom. The largest absolute Gasteiger partial charge is 0.488 e. The molecule has 0 spiro atoms. The minimum Gasteiger partial charge on any atom is -0.488 e. The molecule has 145 heavy (non-hydrogen) atoms. The number of rotatable bonds is 39. The van der Waals surface area contributed by atoms with Crippen LogP contribution >= 0.6 is 22.7 Å². The van der Waals surface area contributed by atoms with E-state index in [0.717, 1.165) is 115 Å². The van der Waals surface area contributed by atoms with E-state index in [0.29, 0.717) is 67.3 Å². The summed E-state index contributed by atoms with van der Waals surface area (Å²) in [7, 11) is 0. The number of piperidine rings is 1. The number of carbonyl (C=O) groups excluding carboxylic acids is 12. The lowest BCUT2D eigenvalue weighted by atomic mass is 9.70. The minimum atomic E-state index is -1.07. The summed E-state index contributed by atoms with van der Waals surface area (Å²) in [6, 6.07) is 32.5. The Hall–Kier alpha value is -12.2. The Morgan fingerprint density at radius 1 is 0.510 bits per heavy atom. The highest BCUT2D eigenvalue weighted by molar-refractivity contribution is 7.13. The molecule has 33 nitrogen and oxygen atoms in total. The molecule has 1 saturated carbocycles. The third-order valence-electron chi connectivity index (χ3n) is 30.3. The highest BCUT2D eigenvalue weighted by atomic mass is 32.1. The molecule has 3 saturated heterocycles. The molecule has 6 aromatic carbocycles. The number of aromatic nitrogens is 2. The van der Waals surface area contributed by atoms with Crippen LogP contribution in [-0.4, -0.2) is 218 Å². The fourth-order valence-corrected chi connectivity index (χ4v) is 23.4. The van der Waals surface area contributed by atoms with Crippen molar-refractivity contribution >= 4 is 105 Å². The molecule has 9 heterocycles. The van der Waals surface area contributed by atoms with Gasteiger partial charge in [-0.3, -0.25) is 72.2 Å². The van der Waals surface area contributed by atoms with Crippen molar-refractivity contribution in [3.63, 3.8) is 0 Å². The lowest BCUT2D eigenvalue weighted by molar-refractivity contribution is -0.144. The Kier molecular flexibility index (Phi) is 33.4. The van der Waals surface area contributed by atoms with Crippen LogP contribution < -0.4 is 69.4 Å². The summed E-state index contributed by atoms with van der Waals surface area (Å²) >= 11 is 3.10. The molecule has 15 N–H and O–H groups in total. The quantitative estimate of drug-likeness (QED) is 0.0171. The van der Waals surface area contributed by atoms with Crippen molar-refractivity contribution in [3.05, 3.63) is 205 Å². The van der Waals surface area contributed by atoms with E-state index in [1.165, 1.54) is 14.7 Å². The predicted molar refractivity (Wildman–Crippen MR) is 552 cm³/mol. The van der Waals surface area contributed by atoms with Gasteiger partial charge in [0, 0.05) is 70.1 Å². The van der Waals surface area contributed by atoms with Gasteiger partial charge in [0.25, 0.3) is 0 Å². The van der Waals surface area contributed by atoms with Gasteiger partial charge in [-0.1, -0.05) is 163 Å². The topological polar surface area (TPSA) is 471 Å². The number of aliphatic hydroxyl groups is 1. The van der Waals surface area contributed by atoms with Crippen LogP contribution in [0.25, 0.3) is 20.9 Å². The second-order valence-electron chi connectivity index (χ2n) is 43.1. The molecule has 8 aromatic rings. The molecule has 0 bridgehead atoms. The first-order valence-corrected chi connectivity index (χ1v) is 52.8. The zero-order valence-corrected chi connectivity index (χ0v) is 86.1. The SMILES string of the molecule is Cc1ncsc1-c1ccc(CNC(=O)[C@@H]2C[C@@H](O)CN2C(=O)[C@@H](NC(=O)CN2CCC(Cc3ccc(CO[C@H](C)[C@H](CCC(N)=O)NC(=O)[C@@H]4Cc5ccc(O[C@@H]6C[C@@H](C(=O)NCc7ccc(-c8scnc8C)cc7)N(C(=O)[C@@H](NC(=O)CC7CC(c8ccc(CO[C@H](C)[C@H](CCC(N)=O)NC(=O)[C@@H]9Cc%10cccc%11c%10N9C(=O)[C@@H](N)CC%11)cc8)C7)C(C)(C)C)C6)c6c5N4C(=O)[C@@H](N)CC6)cc3)CC2)C(C)(C)C)cc1. The monoisotopic (exact) mass is 2020 g/mol. The number of amides is 12. The number of para-hydroxylation sites is 1. The third-order valence-corrected chi connectivity index (χ3v) is 32.3. The molecule has 772 valence electrons. The Balaban J connectivity index is 0.516. The van der Waals surface area contributed by atoms with E-state index in [2.05, 4.69) is 71.0 Å². The van der Waals surface area contributed by atoms with E-state index in [9.17, 15) is 53.1 Å². The smallest absolute Gasteiger partial charge is 0.246 e. The molecule has 0 unspecified atom stereocenters. The maximum Gasteiger partial charge on any atom is 0.246 e. The van der Waals surface area contributed by atoms with Crippen LogP contribution in [0, 0.1) is 36.5 Å². The third kappa shape index (κ3) is 25.2. The lowest BCUT2D eigenvalue weighted by Gasteiger charge is -2.38. The molecule has 0 radical (unpaired) electrons. The van der Waals surface area contributed by atoms with E-state index in [1.807, 2.05) is 178 Å². The molecule has 8 aliphatic rings. The van der Waals surface area contributed by atoms with E-state index in [4.69, 9.17) is 37.1 Å². The van der Waals surface area contributed by atoms with Crippen LogP contribution in [0.5, 0.6) is 5.75 Å². The van der Waals surface area contributed by atoms with Crippen LogP contribution in [0.2, 0.25) is 0 Å². The number of nitrogens with two attached hydrogens (primary N) is 4. The van der Waals surface area contributed by atoms with Crippen LogP contribution in [-0.2, 0) is 125 Å². The van der Waals surface area contributed by atoms with Crippen LogP contribution in [0.1, 0.15) is 212 Å². The highest BCUT2D eigenvalue weighted by Crippen LogP contribution is 2.47. The van der Waals surface area contributed by atoms with Gasteiger partial charge in [0.1, 0.15) is 48.1 Å². The molecule has 4 fully saturated rings. The molecule has 35 heteroatoms. The van der Waals surface area contributed by atoms with Crippen molar-refractivity contribution in [2.75, 3.05) is 42.5 Å². The van der Waals surface area contributed by atoms with E-state index < -0.39 is 137 Å². The summed E-state index contributed by atoms with van der Waals surface area (Å²) in [5, 5.41) is 29.3. The van der Waals surface area contributed by atoms with Gasteiger partial charge >= 0.3 is 0 Å².